The van der Waals surface area contributed by atoms with Crippen LogP contribution in [0.1, 0.15) is 47.2 Å². The Kier molecular flexibility index (Phi) is 9.49. The molecule has 0 saturated heterocycles. The van der Waals surface area contributed by atoms with Gasteiger partial charge in [0.25, 0.3) is 0 Å². The van der Waals surface area contributed by atoms with Gasteiger partial charge in [0.15, 0.2) is 0 Å². The SMILES string of the molecule is CC1(C)c2ccccc2-c2ccc(-c3ccc(N(c4ccc(-c5cccc(-c6ccc7ccccc7c6)c5)cc4)c4ccc5c(c4)C(c4ccccc4)(c4ccccc4)c4ccccc4-5)cc3)cc21. The molecule has 0 aromatic heterocycles. The van der Waals surface area contributed by atoms with Crippen molar-refractivity contribution >= 4 is 27.8 Å². The molecule has 2 aliphatic carbocycles. The summed E-state index contributed by atoms with van der Waals surface area (Å²) in [5.74, 6) is 0. The lowest BCUT2D eigenvalue weighted by Gasteiger charge is -2.35. The fourth-order valence-electron chi connectivity index (χ4n) is 11.8. The topological polar surface area (TPSA) is 3.24 Å². The Labute approximate surface area is 405 Å². The highest BCUT2D eigenvalue weighted by Crippen LogP contribution is 2.57. The van der Waals surface area contributed by atoms with Crippen LogP contribution in [-0.4, -0.2) is 0 Å². The van der Waals surface area contributed by atoms with Gasteiger partial charge >= 0.3 is 0 Å². The average Bonchev–Trinajstić information content (AvgIpc) is 3.84. The second-order valence-corrected chi connectivity index (χ2v) is 19.3. The molecule has 11 aromatic rings. The van der Waals surface area contributed by atoms with Gasteiger partial charge < -0.3 is 4.90 Å². The number of fused-ring (bicyclic) bond motifs is 7. The third-order valence-corrected chi connectivity index (χ3v) is 15.1. The molecule has 2 aliphatic rings. The minimum absolute atomic E-state index is 0.0649. The highest BCUT2D eigenvalue weighted by atomic mass is 15.1. The van der Waals surface area contributed by atoms with Crippen molar-refractivity contribution in [1.29, 1.82) is 0 Å². The van der Waals surface area contributed by atoms with Crippen molar-refractivity contribution in [3.05, 3.63) is 294 Å². The summed E-state index contributed by atoms with van der Waals surface area (Å²) >= 11 is 0. The van der Waals surface area contributed by atoms with E-state index in [0.29, 0.717) is 0 Å². The van der Waals surface area contributed by atoms with E-state index in [-0.39, 0.29) is 5.41 Å². The Morgan fingerprint density at radius 2 is 0.710 bits per heavy atom. The molecule has 326 valence electrons. The average molecular weight is 880 g/mol. The molecule has 0 N–H and O–H groups in total. The first-order chi connectivity index (χ1) is 33.9. The van der Waals surface area contributed by atoms with Crippen molar-refractivity contribution in [2.24, 2.45) is 0 Å². The summed E-state index contributed by atoms with van der Waals surface area (Å²) in [6.07, 6.45) is 0. The minimum atomic E-state index is -0.513. The number of rotatable bonds is 8. The maximum Gasteiger partial charge on any atom is 0.0714 e. The second-order valence-electron chi connectivity index (χ2n) is 19.3. The number of hydrogen-bond acceptors (Lipinski definition) is 1. The van der Waals surface area contributed by atoms with Gasteiger partial charge in [-0.25, -0.2) is 0 Å². The summed E-state index contributed by atoms with van der Waals surface area (Å²) in [5, 5.41) is 2.50. The van der Waals surface area contributed by atoms with Crippen molar-refractivity contribution in [1.82, 2.24) is 0 Å². The Bertz CT molecular complexity index is 3690. The fourth-order valence-corrected chi connectivity index (χ4v) is 11.8. The predicted octanol–water partition coefficient (Wildman–Crippen LogP) is 18.0. The lowest BCUT2D eigenvalue weighted by molar-refractivity contribution is 0.660. The predicted molar refractivity (Wildman–Crippen MR) is 290 cm³/mol. The summed E-state index contributed by atoms with van der Waals surface area (Å²) in [5.41, 5.74) is 23.0. The van der Waals surface area contributed by atoms with Crippen molar-refractivity contribution in [2.45, 2.75) is 24.7 Å². The quantitative estimate of drug-likeness (QED) is 0.147. The molecule has 13 rings (SSSR count). The smallest absolute Gasteiger partial charge is 0.0714 e. The molecule has 0 unspecified atom stereocenters. The van der Waals surface area contributed by atoms with E-state index in [1.807, 2.05) is 0 Å². The Morgan fingerprint density at radius 1 is 0.261 bits per heavy atom. The molecule has 1 heteroatoms. The Morgan fingerprint density at radius 3 is 1.38 bits per heavy atom. The lowest BCUT2D eigenvalue weighted by atomic mass is 9.67. The van der Waals surface area contributed by atoms with Crippen molar-refractivity contribution in [3.63, 3.8) is 0 Å². The molecule has 0 atom stereocenters. The van der Waals surface area contributed by atoms with Crippen LogP contribution in [0.2, 0.25) is 0 Å². The molecule has 0 fully saturated rings. The van der Waals surface area contributed by atoms with Crippen LogP contribution in [0.15, 0.2) is 261 Å². The molecule has 0 radical (unpaired) electrons. The van der Waals surface area contributed by atoms with Gasteiger partial charge in [0.1, 0.15) is 0 Å². The second kappa shape index (κ2) is 16.1. The normalized spacial score (nSPS) is 13.6. The van der Waals surface area contributed by atoms with E-state index in [1.54, 1.807) is 0 Å². The number of nitrogens with zero attached hydrogens (tertiary/aromatic N) is 1. The zero-order valence-corrected chi connectivity index (χ0v) is 38.8. The van der Waals surface area contributed by atoms with E-state index in [0.717, 1.165) is 17.1 Å². The maximum atomic E-state index is 2.46. The summed E-state index contributed by atoms with van der Waals surface area (Å²) in [6.45, 7) is 4.71. The lowest BCUT2D eigenvalue weighted by Crippen LogP contribution is -2.28. The monoisotopic (exact) mass is 879 g/mol. The number of anilines is 3. The largest absolute Gasteiger partial charge is 0.310 e. The Balaban J connectivity index is 0.940. The van der Waals surface area contributed by atoms with Gasteiger partial charge in [-0.3, -0.25) is 0 Å². The maximum absolute atomic E-state index is 2.46. The first-order valence-corrected chi connectivity index (χ1v) is 24.2. The summed E-state index contributed by atoms with van der Waals surface area (Å²) in [4.78, 5) is 2.44. The van der Waals surface area contributed by atoms with Gasteiger partial charge in [-0.2, -0.15) is 0 Å². The van der Waals surface area contributed by atoms with Crippen molar-refractivity contribution < 1.29 is 0 Å². The molecule has 0 saturated carbocycles. The minimum Gasteiger partial charge on any atom is -0.310 e. The fraction of sp³-hybridized carbons (Fsp3) is 0.0588. The van der Waals surface area contributed by atoms with Gasteiger partial charge in [-0.15, -0.1) is 0 Å². The van der Waals surface area contributed by atoms with E-state index in [9.17, 15) is 0 Å². The molecule has 0 bridgehead atoms. The molecular weight excluding hydrogens is 831 g/mol. The van der Waals surface area contributed by atoms with Crippen LogP contribution < -0.4 is 4.90 Å². The summed E-state index contributed by atoms with van der Waals surface area (Å²) < 4.78 is 0. The molecular formula is C68H49N. The standard InChI is InChI=1S/C68H49N/c1-67(2)63-26-13-11-24-59(63)61-40-34-53(44-65(61)67)48-32-37-57(38-33-48)69(56-35-30-47(31-36-56)50-18-15-19-51(42-50)52-29-28-46-16-9-10-17-49(46)43-52)58-39-41-62-60-25-12-14-27-64(60)68(66(62)45-58,54-20-5-3-6-21-54)55-22-7-4-8-23-55/h3-45H,1-2H3. The molecule has 69 heavy (non-hydrogen) atoms. The van der Waals surface area contributed by atoms with E-state index in [1.165, 1.54) is 99.8 Å². The first-order valence-electron chi connectivity index (χ1n) is 24.2. The van der Waals surface area contributed by atoms with Gasteiger partial charge in [-0.1, -0.05) is 220 Å². The molecule has 0 aliphatic heterocycles. The number of benzene rings is 11. The highest BCUT2D eigenvalue weighted by molar-refractivity contribution is 5.91. The van der Waals surface area contributed by atoms with Crippen LogP contribution in [0.4, 0.5) is 17.1 Å². The van der Waals surface area contributed by atoms with Crippen molar-refractivity contribution in [3.8, 4) is 55.6 Å². The third-order valence-electron chi connectivity index (χ3n) is 15.1. The van der Waals surface area contributed by atoms with Crippen LogP contribution in [0.5, 0.6) is 0 Å². The Hall–Kier alpha value is -8.52. The van der Waals surface area contributed by atoms with Crippen molar-refractivity contribution in [2.75, 3.05) is 4.90 Å². The molecule has 0 amide bonds. The first kappa shape index (κ1) is 40.7. The van der Waals surface area contributed by atoms with E-state index in [2.05, 4.69) is 280 Å². The van der Waals surface area contributed by atoms with E-state index in [4.69, 9.17) is 0 Å². The van der Waals surface area contributed by atoms with Gasteiger partial charge in [0.2, 0.25) is 0 Å². The third kappa shape index (κ3) is 6.53. The van der Waals surface area contributed by atoms with E-state index < -0.39 is 5.41 Å². The number of hydrogen-bond donors (Lipinski definition) is 0. The molecule has 1 nitrogen and oxygen atoms in total. The summed E-state index contributed by atoms with van der Waals surface area (Å²) in [7, 11) is 0. The van der Waals surface area contributed by atoms with Gasteiger partial charge in [0.05, 0.1) is 5.41 Å². The zero-order valence-electron chi connectivity index (χ0n) is 38.8. The van der Waals surface area contributed by atoms with Crippen LogP contribution >= 0.6 is 0 Å². The van der Waals surface area contributed by atoms with Gasteiger partial charge in [-0.05, 0) is 154 Å². The molecule has 0 heterocycles. The molecule has 11 aromatic carbocycles. The van der Waals surface area contributed by atoms with Crippen LogP contribution in [-0.2, 0) is 10.8 Å². The highest BCUT2D eigenvalue weighted by Gasteiger charge is 2.46. The van der Waals surface area contributed by atoms with Crippen LogP contribution in [0, 0.1) is 0 Å². The summed E-state index contributed by atoms with van der Waals surface area (Å²) in [6, 6.07) is 96.8. The van der Waals surface area contributed by atoms with Crippen LogP contribution in [0.3, 0.4) is 0 Å². The molecule has 0 spiro atoms. The van der Waals surface area contributed by atoms with Gasteiger partial charge in [0, 0.05) is 22.5 Å². The van der Waals surface area contributed by atoms with Crippen LogP contribution in [0.25, 0.3) is 66.4 Å². The van der Waals surface area contributed by atoms with E-state index >= 15 is 0 Å². The zero-order chi connectivity index (χ0) is 46.1.